The standard InChI is InChI=1S/C22H27N3O3.ClH/c1-23-14-16-12-13-25(15-16)22(27)20(17-6-4-3-5-7-17)24-21(26)18-8-10-19(28-2)11-9-18;/h3-11,16,20,23H,12-15H2,1-2H3,(H,24,26);1H. The number of ether oxygens (including phenoxy) is 1. The summed E-state index contributed by atoms with van der Waals surface area (Å²) in [6.45, 7) is 2.31. The van der Waals surface area contributed by atoms with E-state index >= 15 is 0 Å². The molecule has 2 atom stereocenters. The number of rotatable bonds is 7. The molecular formula is C22H28ClN3O3. The molecular weight excluding hydrogens is 390 g/mol. The molecule has 0 spiro atoms. The van der Waals surface area contributed by atoms with Gasteiger partial charge < -0.3 is 20.3 Å². The zero-order valence-corrected chi connectivity index (χ0v) is 17.6. The van der Waals surface area contributed by atoms with Crippen LogP contribution in [0.25, 0.3) is 0 Å². The van der Waals surface area contributed by atoms with Crippen LogP contribution in [0.1, 0.15) is 28.4 Å². The van der Waals surface area contributed by atoms with E-state index in [1.54, 1.807) is 31.4 Å². The van der Waals surface area contributed by atoms with Crippen molar-refractivity contribution in [1.82, 2.24) is 15.5 Å². The average molecular weight is 418 g/mol. The molecule has 0 aromatic heterocycles. The number of hydrogen-bond donors (Lipinski definition) is 2. The largest absolute Gasteiger partial charge is 0.497 e. The van der Waals surface area contributed by atoms with Gasteiger partial charge in [0.1, 0.15) is 11.8 Å². The third kappa shape index (κ3) is 5.71. The summed E-state index contributed by atoms with van der Waals surface area (Å²) in [4.78, 5) is 27.9. The highest BCUT2D eigenvalue weighted by atomic mass is 35.5. The number of nitrogens with zero attached hydrogens (tertiary/aromatic N) is 1. The number of nitrogens with one attached hydrogen (secondary N) is 2. The molecule has 0 saturated carbocycles. The molecule has 2 amide bonds. The van der Waals surface area contributed by atoms with E-state index < -0.39 is 6.04 Å². The number of carbonyl (C=O) groups excluding carboxylic acids is 2. The van der Waals surface area contributed by atoms with Gasteiger partial charge in [-0.05, 0) is 55.8 Å². The molecule has 29 heavy (non-hydrogen) atoms. The smallest absolute Gasteiger partial charge is 0.252 e. The van der Waals surface area contributed by atoms with E-state index in [2.05, 4.69) is 10.6 Å². The summed E-state index contributed by atoms with van der Waals surface area (Å²) < 4.78 is 5.14. The predicted molar refractivity (Wildman–Crippen MR) is 116 cm³/mol. The summed E-state index contributed by atoms with van der Waals surface area (Å²) in [7, 11) is 3.50. The van der Waals surface area contributed by atoms with Crippen LogP contribution in [0.5, 0.6) is 5.75 Å². The van der Waals surface area contributed by atoms with Crippen molar-refractivity contribution in [1.29, 1.82) is 0 Å². The predicted octanol–water partition coefficient (Wildman–Crippen LogP) is 2.66. The minimum Gasteiger partial charge on any atom is -0.497 e. The second-order valence-corrected chi connectivity index (χ2v) is 7.04. The lowest BCUT2D eigenvalue weighted by atomic mass is 10.0. The number of halogens is 1. The highest BCUT2D eigenvalue weighted by Crippen LogP contribution is 2.23. The van der Waals surface area contributed by atoms with Crippen LogP contribution in [-0.2, 0) is 4.79 Å². The minimum atomic E-state index is -0.705. The zero-order chi connectivity index (χ0) is 19.9. The Morgan fingerprint density at radius 2 is 1.83 bits per heavy atom. The molecule has 0 radical (unpaired) electrons. The monoisotopic (exact) mass is 417 g/mol. The number of carbonyl (C=O) groups is 2. The van der Waals surface area contributed by atoms with Gasteiger partial charge in [-0.25, -0.2) is 0 Å². The SMILES string of the molecule is CNCC1CCN(C(=O)C(NC(=O)c2ccc(OC)cc2)c2ccccc2)C1.Cl. The van der Waals surface area contributed by atoms with Crippen LogP contribution in [0.4, 0.5) is 0 Å². The molecule has 156 valence electrons. The molecule has 2 N–H and O–H groups in total. The molecule has 2 unspecified atom stereocenters. The summed E-state index contributed by atoms with van der Waals surface area (Å²) in [5.41, 5.74) is 1.27. The van der Waals surface area contributed by atoms with Crippen LogP contribution in [0, 0.1) is 5.92 Å². The summed E-state index contributed by atoms with van der Waals surface area (Å²) in [6.07, 6.45) is 0.973. The lowest BCUT2D eigenvalue weighted by Crippen LogP contribution is -2.42. The van der Waals surface area contributed by atoms with Crippen molar-refractivity contribution in [2.24, 2.45) is 5.92 Å². The zero-order valence-electron chi connectivity index (χ0n) is 16.8. The third-order valence-corrected chi connectivity index (χ3v) is 5.10. The van der Waals surface area contributed by atoms with Gasteiger partial charge in [0.05, 0.1) is 7.11 Å². The van der Waals surface area contributed by atoms with Gasteiger partial charge in [0.15, 0.2) is 0 Å². The van der Waals surface area contributed by atoms with Crippen LogP contribution in [0.2, 0.25) is 0 Å². The van der Waals surface area contributed by atoms with E-state index in [1.165, 1.54) is 0 Å². The normalized spacial score (nSPS) is 16.6. The number of benzene rings is 2. The number of methoxy groups -OCH3 is 1. The van der Waals surface area contributed by atoms with E-state index in [9.17, 15) is 9.59 Å². The Bertz CT molecular complexity index is 799. The maximum Gasteiger partial charge on any atom is 0.252 e. The molecule has 6 nitrogen and oxygen atoms in total. The summed E-state index contributed by atoms with van der Waals surface area (Å²) in [6, 6.07) is 15.5. The molecule has 1 aliphatic heterocycles. The van der Waals surface area contributed by atoms with Gasteiger partial charge in [-0.3, -0.25) is 9.59 Å². The van der Waals surface area contributed by atoms with Gasteiger partial charge >= 0.3 is 0 Å². The highest BCUT2D eigenvalue weighted by molar-refractivity contribution is 5.98. The topological polar surface area (TPSA) is 70.7 Å². The van der Waals surface area contributed by atoms with Crippen molar-refractivity contribution >= 4 is 24.2 Å². The molecule has 3 rings (SSSR count). The molecule has 1 aliphatic rings. The molecule has 2 aromatic rings. The average Bonchev–Trinajstić information content (AvgIpc) is 3.21. The lowest BCUT2D eigenvalue weighted by molar-refractivity contribution is -0.132. The van der Waals surface area contributed by atoms with E-state index in [1.807, 2.05) is 42.3 Å². The number of hydrogen-bond acceptors (Lipinski definition) is 4. The maximum absolute atomic E-state index is 13.2. The molecule has 2 aromatic carbocycles. The molecule has 1 saturated heterocycles. The number of likely N-dealkylation sites (tertiary alicyclic amines) is 1. The first kappa shape index (κ1) is 22.7. The van der Waals surface area contributed by atoms with Crippen LogP contribution in [0.3, 0.4) is 0 Å². The first-order valence-corrected chi connectivity index (χ1v) is 9.55. The Hall–Kier alpha value is -2.57. The molecule has 0 bridgehead atoms. The van der Waals surface area contributed by atoms with Crippen LogP contribution in [0.15, 0.2) is 54.6 Å². The summed E-state index contributed by atoms with van der Waals surface area (Å²) in [5, 5.41) is 6.10. The van der Waals surface area contributed by atoms with Crippen LogP contribution >= 0.6 is 12.4 Å². The van der Waals surface area contributed by atoms with Crippen molar-refractivity contribution in [2.45, 2.75) is 12.5 Å². The van der Waals surface area contributed by atoms with Crippen molar-refractivity contribution in [3.8, 4) is 5.75 Å². The van der Waals surface area contributed by atoms with Gasteiger partial charge in [-0.15, -0.1) is 12.4 Å². The Morgan fingerprint density at radius 3 is 2.45 bits per heavy atom. The fraction of sp³-hybridized carbons (Fsp3) is 0.364. The fourth-order valence-corrected chi connectivity index (χ4v) is 3.56. The molecule has 1 fully saturated rings. The maximum atomic E-state index is 13.2. The van der Waals surface area contributed by atoms with E-state index in [4.69, 9.17) is 4.74 Å². The number of amides is 2. The van der Waals surface area contributed by atoms with Crippen molar-refractivity contribution in [3.05, 3.63) is 65.7 Å². The first-order valence-electron chi connectivity index (χ1n) is 9.55. The van der Waals surface area contributed by atoms with Gasteiger partial charge in [0.2, 0.25) is 5.91 Å². The van der Waals surface area contributed by atoms with Crippen molar-refractivity contribution in [3.63, 3.8) is 0 Å². The van der Waals surface area contributed by atoms with Gasteiger partial charge in [-0.2, -0.15) is 0 Å². The Labute approximate surface area is 178 Å². The quantitative estimate of drug-likeness (QED) is 0.726. The summed E-state index contributed by atoms with van der Waals surface area (Å²) >= 11 is 0. The van der Waals surface area contributed by atoms with Crippen LogP contribution in [-0.4, -0.2) is 50.5 Å². The fourth-order valence-electron chi connectivity index (χ4n) is 3.56. The lowest BCUT2D eigenvalue weighted by Gasteiger charge is -2.25. The molecule has 0 aliphatic carbocycles. The van der Waals surface area contributed by atoms with Crippen molar-refractivity contribution in [2.75, 3.05) is 33.8 Å². The Balaban J connectivity index is 0.00000300. The minimum absolute atomic E-state index is 0. The van der Waals surface area contributed by atoms with E-state index in [0.29, 0.717) is 30.3 Å². The Morgan fingerprint density at radius 1 is 1.14 bits per heavy atom. The Kier molecular flexibility index (Phi) is 8.49. The van der Waals surface area contributed by atoms with E-state index in [-0.39, 0.29) is 24.2 Å². The van der Waals surface area contributed by atoms with Gasteiger partial charge in [-0.1, -0.05) is 30.3 Å². The van der Waals surface area contributed by atoms with Crippen molar-refractivity contribution < 1.29 is 14.3 Å². The summed E-state index contributed by atoms with van der Waals surface area (Å²) in [5.74, 6) is 0.782. The second kappa shape index (κ2) is 10.8. The molecule has 7 heteroatoms. The van der Waals surface area contributed by atoms with Gasteiger partial charge in [0, 0.05) is 18.7 Å². The van der Waals surface area contributed by atoms with Gasteiger partial charge in [0.25, 0.3) is 5.91 Å². The van der Waals surface area contributed by atoms with E-state index in [0.717, 1.165) is 18.5 Å². The second-order valence-electron chi connectivity index (χ2n) is 7.04. The highest BCUT2D eigenvalue weighted by Gasteiger charge is 2.32. The first-order chi connectivity index (χ1) is 13.6. The molecule has 1 heterocycles. The van der Waals surface area contributed by atoms with Crippen LogP contribution < -0.4 is 15.4 Å². The third-order valence-electron chi connectivity index (χ3n) is 5.10.